The molecule has 28 heavy (non-hydrogen) atoms. The summed E-state index contributed by atoms with van der Waals surface area (Å²) in [5.41, 5.74) is 2.21. The van der Waals surface area contributed by atoms with Crippen molar-refractivity contribution in [3.8, 4) is 11.5 Å². The van der Waals surface area contributed by atoms with Crippen molar-refractivity contribution >= 4 is 0 Å². The summed E-state index contributed by atoms with van der Waals surface area (Å²) in [4.78, 5) is 0. The first-order valence-electron chi connectivity index (χ1n) is 9.70. The summed E-state index contributed by atoms with van der Waals surface area (Å²) >= 11 is 0. The molecule has 0 aromatic heterocycles. The first-order chi connectivity index (χ1) is 13.9. The van der Waals surface area contributed by atoms with Crippen molar-refractivity contribution < 1.29 is 14.2 Å². The number of hydrogen-bond donors (Lipinski definition) is 1. The molecule has 1 aliphatic heterocycles. The summed E-state index contributed by atoms with van der Waals surface area (Å²) in [6, 6.07) is 28.2. The Morgan fingerprint density at radius 3 is 2.25 bits per heavy atom. The molecule has 1 fully saturated rings. The van der Waals surface area contributed by atoms with Crippen LogP contribution in [0.25, 0.3) is 0 Å². The third-order valence-electron chi connectivity index (χ3n) is 4.76. The molecule has 1 N–H and O–H groups in total. The van der Waals surface area contributed by atoms with Crippen molar-refractivity contribution in [1.29, 1.82) is 0 Å². The van der Waals surface area contributed by atoms with Crippen LogP contribution in [0.1, 0.15) is 17.2 Å². The molecule has 1 unspecified atom stereocenters. The lowest BCUT2D eigenvalue weighted by Crippen LogP contribution is -2.43. The standard InChI is InChI=1S/C24H25NO3/c1-3-9-19(10-4-1)18-27-21-13-7-8-14-22(21)28-24(20-11-5-2-6-12-20)23-17-25-15-16-26-23/h1-14,23-25H,15-18H2/t23-,24?/m0/s1. The average Bonchev–Trinajstić information content (AvgIpc) is 2.78. The molecule has 0 aliphatic carbocycles. The van der Waals surface area contributed by atoms with Gasteiger partial charge in [0, 0.05) is 13.1 Å². The third-order valence-corrected chi connectivity index (χ3v) is 4.76. The van der Waals surface area contributed by atoms with Crippen LogP contribution in [0.5, 0.6) is 11.5 Å². The summed E-state index contributed by atoms with van der Waals surface area (Å²) in [6.07, 6.45) is -0.270. The maximum atomic E-state index is 6.47. The van der Waals surface area contributed by atoms with Gasteiger partial charge in [-0.3, -0.25) is 0 Å². The summed E-state index contributed by atoms with van der Waals surface area (Å²) in [7, 11) is 0. The molecule has 4 nitrogen and oxygen atoms in total. The second-order valence-corrected chi connectivity index (χ2v) is 6.78. The highest BCUT2D eigenvalue weighted by atomic mass is 16.6. The summed E-state index contributed by atoms with van der Waals surface area (Å²) in [5.74, 6) is 1.46. The highest BCUT2D eigenvalue weighted by molar-refractivity contribution is 5.40. The number of nitrogens with one attached hydrogen (secondary N) is 1. The van der Waals surface area contributed by atoms with E-state index in [9.17, 15) is 0 Å². The Kier molecular flexibility index (Phi) is 6.22. The van der Waals surface area contributed by atoms with Gasteiger partial charge < -0.3 is 19.5 Å². The van der Waals surface area contributed by atoms with Gasteiger partial charge in [0.15, 0.2) is 17.6 Å². The minimum atomic E-state index is -0.213. The van der Waals surface area contributed by atoms with Gasteiger partial charge in [-0.1, -0.05) is 72.8 Å². The molecule has 4 heteroatoms. The Morgan fingerprint density at radius 1 is 0.857 bits per heavy atom. The van der Waals surface area contributed by atoms with E-state index in [4.69, 9.17) is 14.2 Å². The minimum Gasteiger partial charge on any atom is -0.485 e. The van der Waals surface area contributed by atoms with Gasteiger partial charge in [0.1, 0.15) is 12.7 Å². The van der Waals surface area contributed by atoms with Crippen LogP contribution in [-0.2, 0) is 11.3 Å². The Balaban J connectivity index is 1.54. The molecular formula is C24H25NO3. The zero-order valence-corrected chi connectivity index (χ0v) is 15.8. The Labute approximate surface area is 166 Å². The van der Waals surface area contributed by atoms with E-state index in [1.807, 2.05) is 60.7 Å². The van der Waals surface area contributed by atoms with Crippen LogP contribution < -0.4 is 14.8 Å². The molecule has 3 aromatic rings. The van der Waals surface area contributed by atoms with Gasteiger partial charge in [0.2, 0.25) is 0 Å². The first kappa shape index (κ1) is 18.5. The second-order valence-electron chi connectivity index (χ2n) is 6.78. The lowest BCUT2D eigenvalue weighted by atomic mass is 10.0. The van der Waals surface area contributed by atoms with E-state index in [0.717, 1.165) is 35.7 Å². The molecule has 144 valence electrons. The molecule has 1 aliphatic rings. The van der Waals surface area contributed by atoms with E-state index in [1.165, 1.54) is 0 Å². The molecule has 3 aromatic carbocycles. The van der Waals surface area contributed by atoms with Crippen LogP contribution >= 0.6 is 0 Å². The van der Waals surface area contributed by atoms with E-state index in [-0.39, 0.29) is 12.2 Å². The quantitative estimate of drug-likeness (QED) is 0.665. The van der Waals surface area contributed by atoms with Gasteiger partial charge in [-0.2, -0.15) is 0 Å². The van der Waals surface area contributed by atoms with Gasteiger partial charge in [-0.25, -0.2) is 0 Å². The highest BCUT2D eigenvalue weighted by Gasteiger charge is 2.28. The summed E-state index contributed by atoms with van der Waals surface area (Å²) < 4.78 is 18.5. The molecule has 2 atom stereocenters. The predicted molar refractivity (Wildman–Crippen MR) is 110 cm³/mol. The number of morpholine rings is 1. The first-order valence-corrected chi connectivity index (χ1v) is 9.70. The van der Waals surface area contributed by atoms with Gasteiger partial charge in [0.25, 0.3) is 0 Å². The van der Waals surface area contributed by atoms with E-state index in [2.05, 4.69) is 29.6 Å². The fourth-order valence-corrected chi connectivity index (χ4v) is 3.32. The van der Waals surface area contributed by atoms with E-state index >= 15 is 0 Å². The third kappa shape index (κ3) is 4.71. The highest BCUT2D eigenvalue weighted by Crippen LogP contribution is 2.34. The van der Waals surface area contributed by atoms with E-state index in [0.29, 0.717) is 13.2 Å². The number of benzene rings is 3. The van der Waals surface area contributed by atoms with Crippen LogP contribution in [0.3, 0.4) is 0 Å². The molecule has 0 saturated carbocycles. The van der Waals surface area contributed by atoms with Crippen LogP contribution in [0.15, 0.2) is 84.9 Å². The summed E-state index contributed by atoms with van der Waals surface area (Å²) in [6.45, 7) is 2.81. The summed E-state index contributed by atoms with van der Waals surface area (Å²) in [5, 5.41) is 3.40. The van der Waals surface area contributed by atoms with Crippen molar-refractivity contribution in [3.05, 3.63) is 96.1 Å². The largest absolute Gasteiger partial charge is 0.485 e. The molecule has 0 amide bonds. The fraction of sp³-hybridized carbons (Fsp3) is 0.250. The smallest absolute Gasteiger partial charge is 0.162 e. The molecule has 0 spiro atoms. The van der Waals surface area contributed by atoms with E-state index in [1.54, 1.807) is 0 Å². The molecule has 1 heterocycles. The molecular weight excluding hydrogens is 350 g/mol. The average molecular weight is 375 g/mol. The molecule has 4 rings (SSSR count). The van der Waals surface area contributed by atoms with Gasteiger partial charge in [-0.05, 0) is 23.3 Å². The van der Waals surface area contributed by atoms with Crippen molar-refractivity contribution in [1.82, 2.24) is 5.32 Å². The van der Waals surface area contributed by atoms with Crippen LogP contribution in [0.2, 0.25) is 0 Å². The fourth-order valence-electron chi connectivity index (χ4n) is 3.32. The Hall–Kier alpha value is -2.82. The molecule has 1 saturated heterocycles. The lowest BCUT2D eigenvalue weighted by molar-refractivity contribution is -0.0440. The Morgan fingerprint density at radius 2 is 1.54 bits per heavy atom. The van der Waals surface area contributed by atoms with Gasteiger partial charge in [-0.15, -0.1) is 0 Å². The minimum absolute atomic E-state index is 0.0571. The SMILES string of the molecule is c1ccc(COc2ccccc2OC(c2ccccc2)[C@@H]2CNCCO2)cc1. The predicted octanol–water partition coefficient (Wildman–Crippen LogP) is 4.37. The number of para-hydroxylation sites is 2. The van der Waals surface area contributed by atoms with Crippen LogP contribution in [0, 0.1) is 0 Å². The maximum Gasteiger partial charge on any atom is 0.162 e. The van der Waals surface area contributed by atoms with E-state index < -0.39 is 0 Å². The van der Waals surface area contributed by atoms with Gasteiger partial charge >= 0.3 is 0 Å². The van der Waals surface area contributed by atoms with Crippen molar-refractivity contribution in [2.24, 2.45) is 0 Å². The van der Waals surface area contributed by atoms with Crippen molar-refractivity contribution in [2.75, 3.05) is 19.7 Å². The Bertz CT molecular complexity index is 848. The topological polar surface area (TPSA) is 39.7 Å². The number of ether oxygens (including phenoxy) is 3. The molecule has 0 radical (unpaired) electrons. The lowest BCUT2D eigenvalue weighted by Gasteiger charge is -2.32. The van der Waals surface area contributed by atoms with Crippen molar-refractivity contribution in [3.63, 3.8) is 0 Å². The second kappa shape index (κ2) is 9.40. The maximum absolute atomic E-state index is 6.47. The van der Waals surface area contributed by atoms with Crippen LogP contribution in [-0.4, -0.2) is 25.8 Å². The van der Waals surface area contributed by atoms with Crippen LogP contribution in [0.4, 0.5) is 0 Å². The van der Waals surface area contributed by atoms with Gasteiger partial charge in [0.05, 0.1) is 6.61 Å². The van der Waals surface area contributed by atoms with Crippen molar-refractivity contribution in [2.45, 2.75) is 18.8 Å². The molecule has 0 bridgehead atoms. The normalized spacial score (nSPS) is 17.6. The zero-order valence-electron chi connectivity index (χ0n) is 15.8. The number of rotatable bonds is 7. The zero-order chi connectivity index (χ0) is 19.0. The number of hydrogen-bond acceptors (Lipinski definition) is 4. The monoisotopic (exact) mass is 375 g/mol.